The average molecular weight is 327 g/mol. The van der Waals surface area contributed by atoms with E-state index >= 15 is 0 Å². The van der Waals surface area contributed by atoms with E-state index in [2.05, 4.69) is 5.32 Å². The Balaban J connectivity index is 2.25. The van der Waals surface area contributed by atoms with Gasteiger partial charge in [-0.15, -0.1) is 0 Å². The second-order valence-electron chi connectivity index (χ2n) is 5.43. The van der Waals surface area contributed by atoms with Gasteiger partial charge in [0, 0.05) is 6.54 Å². The van der Waals surface area contributed by atoms with Crippen molar-refractivity contribution in [2.75, 3.05) is 14.2 Å². The first-order chi connectivity index (χ1) is 11.5. The molecule has 2 aromatic carbocycles. The van der Waals surface area contributed by atoms with Crippen molar-refractivity contribution in [3.05, 3.63) is 65.7 Å². The van der Waals surface area contributed by atoms with E-state index in [0.29, 0.717) is 6.54 Å². The molecule has 0 aliphatic rings. The van der Waals surface area contributed by atoms with Crippen LogP contribution in [0.15, 0.2) is 54.6 Å². The standard InChI is InChI=1S/C18H21N3O3/c1-21(12-13-7-6-10-15(11-13)24-2)16(17(22)20-18(19)23)14-8-4-3-5-9-14/h3-11,16H,12H2,1-2H3,(H3,19,20,22,23)/t16-/m0/s1. The maximum Gasteiger partial charge on any atom is 0.318 e. The number of likely N-dealkylation sites (N-methyl/N-ethyl adjacent to an activating group) is 1. The summed E-state index contributed by atoms with van der Waals surface area (Å²) in [6, 6.07) is 15.4. The van der Waals surface area contributed by atoms with Crippen molar-refractivity contribution >= 4 is 11.9 Å². The first kappa shape index (κ1) is 17.5. The van der Waals surface area contributed by atoms with Gasteiger partial charge in [-0.05, 0) is 30.3 Å². The molecule has 6 nitrogen and oxygen atoms in total. The van der Waals surface area contributed by atoms with Crippen LogP contribution >= 0.6 is 0 Å². The fourth-order valence-electron chi connectivity index (χ4n) is 2.58. The number of imide groups is 1. The fourth-order valence-corrected chi connectivity index (χ4v) is 2.58. The van der Waals surface area contributed by atoms with Crippen LogP contribution < -0.4 is 15.8 Å². The zero-order chi connectivity index (χ0) is 17.5. The van der Waals surface area contributed by atoms with Crippen molar-refractivity contribution in [2.45, 2.75) is 12.6 Å². The third kappa shape index (κ3) is 4.57. The number of methoxy groups -OCH3 is 1. The van der Waals surface area contributed by atoms with Gasteiger partial charge in [-0.2, -0.15) is 0 Å². The summed E-state index contributed by atoms with van der Waals surface area (Å²) >= 11 is 0. The minimum absolute atomic E-state index is 0.459. The van der Waals surface area contributed by atoms with Crippen molar-refractivity contribution < 1.29 is 14.3 Å². The maximum atomic E-state index is 12.4. The van der Waals surface area contributed by atoms with Crippen molar-refractivity contribution in [3.8, 4) is 5.75 Å². The second-order valence-corrected chi connectivity index (χ2v) is 5.43. The minimum atomic E-state index is -0.865. The number of nitrogens with one attached hydrogen (secondary N) is 1. The van der Waals surface area contributed by atoms with Crippen LogP contribution in [0.5, 0.6) is 5.75 Å². The summed E-state index contributed by atoms with van der Waals surface area (Å²) in [6.45, 7) is 0.503. The Morgan fingerprint density at radius 1 is 1.17 bits per heavy atom. The van der Waals surface area contributed by atoms with Gasteiger partial charge >= 0.3 is 6.03 Å². The van der Waals surface area contributed by atoms with E-state index in [0.717, 1.165) is 16.9 Å². The monoisotopic (exact) mass is 327 g/mol. The third-order valence-electron chi connectivity index (χ3n) is 3.62. The van der Waals surface area contributed by atoms with E-state index in [-0.39, 0.29) is 0 Å². The van der Waals surface area contributed by atoms with Crippen LogP contribution in [-0.2, 0) is 11.3 Å². The van der Waals surface area contributed by atoms with E-state index in [9.17, 15) is 9.59 Å². The number of rotatable bonds is 6. The van der Waals surface area contributed by atoms with Crippen molar-refractivity contribution in [1.29, 1.82) is 0 Å². The number of carbonyl (C=O) groups excluding carboxylic acids is 2. The molecule has 2 rings (SSSR count). The number of nitrogens with two attached hydrogens (primary N) is 1. The highest BCUT2D eigenvalue weighted by molar-refractivity contribution is 5.96. The molecule has 24 heavy (non-hydrogen) atoms. The highest BCUT2D eigenvalue weighted by Crippen LogP contribution is 2.23. The van der Waals surface area contributed by atoms with Crippen LogP contribution in [0.2, 0.25) is 0 Å². The lowest BCUT2D eigenvalue weighted by Crippen LogP contribution is -2.43. The molecule has 2 aromatic rings. The smallest absolute Gasteiger partial charge is 0.318 e. The van der Waals surface area contributed by atoms with Crippen LogP contribution in [0, 0.1) is 0 Å². The molecule has 0 bridgehead atoms. The summed E-state index contributed by atoms with van der Waals surface area (Å²) in [4.78, 5) is 25.3. The van der Waals surface area contributed by atoms with Gasteiger partial charge in [0.15, 0.2) is 0 Å². The number of nitrogens with zero attached hydrogens (tertiary/aromatic N) is 1. The van der Waals surface area contributed by atoms with Gasteiger partial charge in [0.2, 0.25) is 5.91 Å². The first-order valence-electron chi connectivity index (χ1n) is 7.49. The van der Waals surface area contributed by atoms with Gasteiger partial charge in [0.1, 0.15) is 11.8 Å². The first-order valence-corrected chi connectivity index (χ1v) is 7.49. The van der Waals surface area contributed by atoms with Gasteiger partial charge in [-0.1, -0.05) is 42.5 Å². The second kappa shape index (κ2) is 8.12. The molecule has 0 aliphatic heterocycles. The Morgan fingerprint density at radius 3 is 2.50 bits per heavy atom. The number of urea groups is 1. The number of hydrogen-bond donors (Lipinski definition) is 2. The molecular weight excluding hydrogens is 306 g/mol. The molecule has 3 N–H and O–H groups in total. The maximum absolute atomic E-state index is 12.4. The normalized spacial score (nSPS) is 11.8. The molecule has 3 amide bonds. The fraction of sp³-hybridized carbons (Fsp3) is 0.222. The van der Waals surface area contributed by atoms with Crippen molar-refractivity contribution in [3.63, 3.8) is 0 Å². The number of primary amides is 1. The number of amides is 3. The van der Waals surface area contributed by atoms with Crippen LogP contribution in [0.1, 0.15) is 17.2 Å². The number of carbonyl (C=O) groups is 2. The van der Waals surface area contributed by atoms with E-state index < -0.39 is 18.0 Å². The Morgan fingerprint density at radius 2 is 1.88 bits per heavy atom. The molecule has 126 valence electrons. The topological polar surface area (TPSA) is 84.7 Å². The molecule has 0 aromatic heterocycles. The predicted octanol–water partition coefficient (Wildman–Crippen LogP) is 2.06. The molecule has 0 aliphatic carbocycles. The Hall–Kier alpha value is -2.86. The van der Waals surface area contributed by atoms with Gasteiger partial charge in [0.25, 0.3) is 0 Å². The number of hydrogen-bond acceptors (Lipinski definition) is 4. The molecule has 0 heterocycles. The predicted molar refractivity (Wildman–Crippen MR) is 91.4 cm³/mol. The lowest BCUT2D eigenvalue weighted by Gasteiger charge is -2.27. The SMILES string of the molecule is COc1cccc(CN(C)[C@H](C(=O)NC(N)=O)c2ccccc2)c1. The number of ether oxygens (including phenoxy) is 1. The highest BCUT2D eigenvalue weighted by Gasteiger charge is 2.26. The zero-order valence-corrected chi connectivity index (χ0v) is 13.7. The number of benzene rings is 2. The van der Waals surface area contributed by atoms with E-state index in [1.54, 1.807) is 7.11 Å². The molecule has 0 unspecified atom stereocenters. The van der Waals surface area contributed by atoms with E-state index in [1.807, 2.05) is 66.5 Å². The molecular formula is C18H21N3O3. The van der Waals surface area contributed by atoms with Gasteiger partial charge in [-0.3, -0.25) is 15.0 Å². The Bertz CT molecular complexity index is 704. The molecule has 0 spiro atoms. The highest BCUT2D eigenvalue weighted by atomic mass is 16.5. The average Bonchev–Trinajstić information content (AvgIpc) is 2.55. The molecule has 0 saturated carbocycles. The van der Waals surface area contributed by atoms with Crippen molar-refractivity contribution in [2.24, 2.45) is 5.73 Å². The van der Waals surface area contributed by atoms with Gasteiger partial charge in [-0.25, -0.2) is 4.79 Å². The third-order valence-corrected chi connectivity index (χ3v) is 3.62. The molecule has 1 atom stereocenters. The van der Waals surface area contributed by atoms with Crippen LogP contribution in [0.4, 0.5) is 4.79 Å². The van der Waals surface area contributed by atoms with Crippen molar-refractivity contribution in [1.82, 2.24) is 10.2 Å². The largest absolute Gasteiger partial charge is 0.497 e. The summed E-state index contributed by atoms with van der Waals surface area (Å²) in [7, 11) is 3.42. The van der Waals surface area contributed by atoms with Crippen LogP contribution in [0.3, 0.4) is 0 Å². The van der Waals surface area contributed by atoms with E-state index in [4.69, 9.17) is 10.5 Å². The molecule has 6 heteroatoms. The summed E-state index contributed by atoms with van der Waals surface area (Å²) in [5.41, 5.74) is 6.86. The van der Waals surface area contributed by atoms with E-state index in [1.165, 1.54) is 0 Å². The Kier molecular flexibility index (Phi) is 5.92. The van der Waals surface area contributed by atoms with Crippen LogP contribution in [-0.4, -0.2) is 31.0 Å². The molecule has 0 saturated heterocycles. The minimum Gasteiger partial charge on any atom is -0.497 e. The quantitative estimate of drug-likeness (QED) is 0.850. The zero-order valence-electron chi connectivity index (χ0n) is 13.7. The van der Waals surface area contributed by atoms with Crippen LogP contribution in [0.25, 0.3) is 0 Å². The molecule has 0 radical (unpaired) electrons. The van der Waals surface area contributed by atoms with Gasteiger partial charge in [0.05, 0.1) is 7.11 Å². The Labute approximate surface area is 141 Å². The molecule has 0 fully saturated rings. The lowest BCUT2D eigenvalue weighted by molar-refractivity contribution is -0.125. The summed E-state index contributed by atoms with van der Waals surface area (Å²) in [5, 5.41) is 2.16. The lowest BCUT2D eigenvalue weighted by atomic mass is 10.0. The summed E-state index contributed by atoms with van der Waals surface area (Å²) in [6.07, 6.45) is 0. The van der Waals surface area contributed by atoms with Gasteiger partial charge < -0.3 is 10.5 Å². The summed E-state index contributed by atoms with van der Waals surface area (Å²) < 4.78 is 5.22. The summed E-state index contributed by atoms with van der Waals surface area (Å²) in [5.74, 6) is 0.290.